The molecule has 0 unspecified atom stereocenters. The molecule has 7 nitrogen and oxygen atoms in total. The Morgan fingerprint density at radius 3 is 2.53 bits per heavy atom. The molecule has 0 spiro atoms. The molecule has 1 amide bonds. The summed E-state index contributed by atoms with van der Waals surface area (Å²) in [5.41, 5.74) is 1.11. The fourth-order valence-corrected chi connectivity index (χ4v) is 4.56. The van der Waals surface area contributed by atoms with Crippen LogP contribution in [0.15, 0.2) is 70.3 Å². The molecule has 0 saturated heterocycles. The quantitative estimate of drug-likeness (QED) is 0.470. The Balaban J connectivity index is 1.55. The van der Waals surface area contributed by atoms with Crippen molar-refractivity contribution in [1.29, 1.82) is 0 Å². The molecule has 2 aromatic heterocycles. The summed E-state index contributed by atoms with van der Waals surface area (Å²) >= 11 is 1.15. The summed E-state index contributed by atoms with van der Waals surface area (Å²) in [7, 11) is 3.23. The van der Waals surface area contributed by atoms with E-state index in [4.69, 9.17) is 4.74 Å². The molecule has 4 aromatic rings. The monoisotopic (exact) mass is 449 g/mol. The van der Waals surface area contributed by atoms with Crippen LogP contribution in [0.4, 0.5) is 0 Å². The maximum atomic E-state index is 13.0. The van der Waals surface area contributed by atoms with Gasteiger partial charge in [0.05, 0.1) is 23.9 Å². The maximum Gasteiger partial charge on any atom is 0.332 e. The zero-order valence-corrected chi connectivity index (χ0v) is 18.6. The highest BCUT2D eigenvalue weighted by Gasteiger charge is 2.17. The molecular formula is C24H23N3O4S. The number of hydrogen-bond donors (Lipinski definition) is 1. The number of carbonyl (C=O) groups excluding carboxylic acids is 1. The standard InChI is InChI=1S/C24H23N3O4S/c1-26-23-19(22(29)27(24(26)30)15-17-7-4-3-5-8-17)14-20(32-23)21(28)25-12-11-16-9-6-10-18(13-16)31-2/h3-10,13-14H,11-12,15H2,1-2H3,(H,25,28). The van der Waals surface area contributed by atoms with Gasteiger partial charge >= 0.3 is 5.69 Å². The van der Waals surface area contributed by atoms with Crippen molar-refractivity contribution in [1.82, 2.24) is 14.5 Å². The van der Waals surface area contributed by atoms with Crippen LogP contribution in [0.3, 0.4) is 0 Å². The third kappa shape index (κ3) is 4.36. The Hall–Kier alpha value is -3.65. The number of amides is 1. The number of rotatable bonds is 7. The molecule has 8 heteroatoms. The van der Waals surface area contributed by atoms with Gasteiger partial charge in [-0.15, -0.1) is 11.3 Å². The van der Waals surface area contributed by atoms with E-state index < -0.39 is 11.2 Å². The molecule has 0 radical (unpaired) electrons. The van der Waals surface area contributed by atoms with E-state index in [0.717, 1.165) is 28.2 Å². The number of ether oxygens (including phenoxy) is 1. The van der Waals surface area contributed by atoms with Crippen molar-refractivity contribution in [2.75, 3.05) is 13.7 Å². The predicted octanol–water partition coefficient (Wildman–Crippen LogP) is 2.79. The molecule has 0 fully saturated rings. The molecule has 0 saturated carbocycles. The van der Waals surface area contributed by atoms with Gasteiger partial charge in [0.1, 0.15) is 10.6 Å². The molecular weight excluding hydrogens is 426 g/mol. The number of aromatic nitrogens is 2. The van der Waals surface area contributed by atoms with Crippen LogP contribution in [0.5, 0.6) is 5.75 Å². The molecule has 2 heterocycles. The molecule has 0 aliphatic rings. The Morgan fingerprint density at radius 2 is 1.78 bits per heavy atom. The summed E-state index contributed by atoms with van der Waals surface area (Å²) in [6.45, 7) is 0.623. The highest BCUT2D eigenvalue weighted by atomic mass is 32.1. The first-order valence-corrected chi connectivity index (χ1v) is 11.0. The molecule has 1 N–H and O–H groups in total. The molecule has 164 valence electrons. The van der Waals surface area contributed by atoms with Crippen LogP contribution in [0.2, 0.25) is 0 Å². The maximum absolute atomic E-state index is 13.0. The van der Waals surface area contributed by atoms with Crippen LogP contribution in [0.1, 0.15) is 20.8 Å². The molecule has 0 atom stereocenters. The Kier molecular flexibility index (Phi) is 6.23. The lowest BCUT2D eigenvalue weighted by Gasteiger charge is -2.08. The summed E-state index contributed by atoms with van der Waals surface area (Å²) in [6, 6.07) is 18.6. The van der Waals surface area contributed by atoms with E-state index in [1.165, 1.54) is 9.13 Å². The number of benzene rings is 2. The van der Waals surface area contributed by atoms with Crippen LogP contribution < -0.4 is 21.3 Å². The second-order valence-corrected chi connectivity index (χ2v) is 8.44. The van der Waals surface area contributed by atoms with Gasteiger partial charge in [-0.05, 0) is 35.7 Å². The second kappa shape index (κ2) is 9.23. The fraction of sp³-hybridized carbons (Fsp3) is 0.208. The summed E-state index contributed by atoms with van der Waals surface area (Å²) in [5.74, 6) is 0.501. The van der Waals surface area contributed by atoms with Gasteiger partial charge < -0.3 is 10.1 Å². The van der Waals surface area contributed by atoms with Crippen molar-refractivity contribution in [3.63, 3.8) is 0 Å². The lowest BCUT2D eigenvalue weighted by atomic mass is 10.1. The van der Waals surface area contributed by atoms with Gasteiger partial charge in [-0.2, -0.15) is 0 Å². The van der Waals surface area contributed by atoms with Crippen molar-refractivity contribution in [2.45, 2.75) is 13.0 Å². The van der Waals surface area contributed by atoms with Gasteiger partial charge in [0.15, 0.2) is 0 Å². The van der Waals surface area contributed by atoms with Crippen molar-refractivity contribution < 1.29 is 9.53 Å². The minimum atomic E-state index is -0.404. The van der Waals surface area contributed by atoms with Crippen molar-refractivity contribution in [2.24, 2.45) is 7.05 Å². The van der Waals surface area contributed by atoms with Gasteiger partial charge in [-0.3, -0.25) is 18.7 Å². The van der Waals surface area contributed by atoms with Gasteiger partial charge in [-0.25, -0.2) is 4.79 Å². The molecule has 4 rings (SSSR count). The number of fused-ring (bicyclic) bond motifs is 1. The normalized spacial score (nSPS) is 10.9. The third-order valence-corrected chi connectivity index (χ3v) is 6.46. The van der Waals surface area contributed by atoms with Crippen molar-refractivity contribution in [3.05, 3.63) is 97.5 Å². The van der Waals surface area contributed by atoms with Gasteiger partial charge in [0, 0.05) is 13.6 Å². The molecule has 32 heavy (non-hydrogen) atoms. The number of hydrogen-bond acceptors (Lipinski definition) is 5. The largest absolute Gasteiger partial charge is 0.497 e. The smallest absolute Gasteiger partial charge is 0.332 e. The van der Waals surface area contributed by atoms with Gasteiger partial charge in [0.2, 0.25) is 0 Å². The van der Waals surface area contributed by atoms with Crippen LogP contribution in [-0.2, 0) is 20.0 Å². The Morgan fingerprint density at radius 1 is 1.03 bits per heavy atom. The van der Waals surface area contributed by atoms with E-state index >= 15 is 0 Å². The van der Waals surface area contributed by atoms with Gasteiger partial charge in [0.25, 0.3) is 11.5 Å². The molecule has 0 aliphatic carbocycles. The van der Waals surface area contributed by atoms with Crippen LogP contribution >= 0.6 is 11.3 Å². The van der Waals surface area contributed by atoms with E-state index in [1.807, 2.05) is 54.6 Å². The lowest BCUT2D eigenvalue weighted by molar-refractivity contribution is 0.0958. The average Bonchev–Trinajstić information content (AvgIpc) is 3.27. The Labute approximate surface area is 188 Å². The van der Waals surface area contributed by atoms with Crippen molar-refractivity contribution in [3.8, 4) is 5.75 Å². The summed E-state index contributed by atoms with van der Waals surface area (Å²) in [6.07, 6.45) is 0.649. The number of methoxy groups -OCH3 is 1. The Bertz CT molecular complexity index is 1390. The summed E-state index contributed by atoms with van der Waals surface area (Å²) < 4.78 is 7.85. The summed E-state index contributed by atoms with van der Waals surface area (Å²) in [5, 5.41) is 3.25. The number of aryl methyl sites for hydroxylation is 1. The lowest BCUT2D eigenvalue weighted by Crippen LogP contribution is -2.38. The molecule has 2 aromatic carbocycles. The minimum Gasteiger partial charge on any atom is -0.497 e. The van der Waals surface area contributed by atoms with Gasteiger partial charge in [-0.1, -0.05) is 42.5 Å². The fourth-order valence-electron chi connectivity index (χ4n) is 3.54. The zero-order valence-electron chi connectivity index (χ0n) is 17.8. The van der Waals surface area contributed by atoms with E-state index in [1.54, 1.807) is 20.2 Å². The first kappa shape index (κ1) is 21.6. The number of carbonyl (C=O) groups is 1. The average molecular weight is 450 g/mol. The van der Waals surface area contributed by atoms with E-state index in [9.17, 15) is 14.4 Å². The molecule has 0 bridgehead atoms. The number of thiophene rings is 1. The zero-order chi connectivity index (χ0) is 22.7. The number of nitrogens with one attached hydrogen (secondary N) is 1. The first-order chi connectivity index (χ1) is 15.5. The topological polar surface area (TPSA) is 82.3 Å². The predicted molar refractivity (Wildman–Crippen MR) is 126 cm³/mol. The SMILES string of the molecule is COc1cccc(CCNC(=O)c2cc3c(=O)n(Cc4ccccc4)c(=O)n(C)c3s2)c1. The van der Waals surface area contributed by atoms with Crippen LogP contribution in [0, 0.1) is 0 Å². The van der Waals surface area contributed by atoms with E-state index in [-0.39, 0.29) is 12.5 Å². The minimum absolute atomic E-state index is 0.181. The van der Waals surface area contributed by atoms with Crippen LogP contribution in [-0.4, -0.2) is 28.7 Å². The van der Waals surface area contributed by atoms with Crippen LogP contribution in [0.25, 0.3) is 10.2 Å². The highest BCUT2D eigenvalue weighted by molar-refractivity contribution is 7.20. The number of nitrogens with zero attached hydrogens (tertiary/aromatic N) is 2. The second-order valence-electron chi connectivity index (χ2n) is 7.41. The molecule has 0 aliphatic heterocycles. The van der Waals surface area contributed by atoms with Crippen molar-refractivity contribution >= 4 is 27.5 Å². The first-order valence-electron chi connectivity index (χ1n) is 10.2. The third-order valence-electron chi connectivity index (χ3n) is 5.25. The van der Waals surface area contributed by atoms with E-state index in [0.29, 0.717) is 28.1 Å². The van der Waals surface area contributed by atoms with E-state index in [2.05, 4.69) is 5.32 Å². The highest BCUT2D eigenvalue weighted by Crippen LogP contribution is 2.22. The summed E-state index contributed by atoms with van der Waals surface area (Å²) in [4.78, 5) is 39.4.